The lowest BCUT2D eigenvalue weighted by molar-refractivity contribution is -0.123. The Morgan fingerprint density at radius 1 is 1.33 bits per heavy atom. The van der Waals surface area contributed by atoms with Crippen LogP contribution in [0, 0.1) is 0 Å². The minimum atomic E-state index is -1.21. The maximum atomic E-state index is 12.1. The summed E-state index contributed by atoms with van der Waals surface area (Å²) in [5.41, 5.74) is 0.906. The van der Waals surface area contributed by atoms with E-state index < -0.39 is 12.1 Å². The summed E-state index contributed by atoms with van der Waals surface area (Å²) in [7, 11) is 0. The van der Waals surface area contributed by atoms with Crippen LogP contribution in [-0.4, -0.2) is 42.4 Å². The van der Waals surface area contributed by atoms with Crippen molar-refractivity contribution in [3.8, 4) is 0 Å². The molecule has 2 amide bonds. The quantitative estimate of drug-likeness (QED) is 0.734. The minimum absolute atomic E-state index is 0.0381. The van der Waals surface area contributed by atoms with Gasteiger partial charge in [0.25, 0.3) is 0 Å². The van der Waals surface area contributed by atoms with Crippen molar-refractivity contribution in [2.75, 3.05) is 13.2 Å². The van der Waals surface area contributed by atoms with E-state index >= 15 is 0 Å². The molecule has 6 heteroatoms. The van der Waals surface area contributed by atoms with E-state index in [1.54, 1.807) is 0 Å². The van der Waals surface area contributed by atoms with E-state index in [0.717, 1.165) is 25.0 Å². The van der Waals surface area contributed by atoms with E-state index in [1.807, 2.05) is 30.3 Å². The zero-order chi connectivity index (χ0) is 15.1. The number of benzene rings is 1. The Hall–Kier alpha value is -2.08. The molecule has 2 atom stereocenters. The van der Waals surface area contributed by atoms with Gasteiger partial charge in [-0.1, -0.05) is 30.3 Å². The fourth-order valence-electron chi connectivity index (χ4n) is 2.35. The van der Waals surface area contributed by atoms with Crippen LogP contribution in [0.2, 0.25) is 0 Å². The molecule has 0 unspecified atom stereocenters. The molecule has 0 bridgehead atoms. The van der Waals surface area contributed by atoms with Crippen LogP contribution in [-0.2, 0) is 16.0 Å². The zero-order valence-corrected chi connectivity index (χ0v) is 11.7. The lowest BCUT2D eigenvalue weighted by Gasteiger charge is -2.18. The molecule has 2 rings (SSSR count). The van der Waals surface area contributed by atoms with Gasteiger partial charge in [0.2, 0.25) is 5.91 Å². The molecule has 1 saturated heterocycles. The molecule has 6 nitrogen and oxygen atoms in total. The molecule has 0 spiro atoms. The highest BCUT2D eigenvalue weighted by Gasteiger charge is 2.23. The second kappa shape index (κ2) is 7.64. The summed E-state index contributed by atoms with van der Waals surface area (Å²) in [4.78, 5) is 23.0. The Labute approximate surface area is 123 Å². The van der Waals surface area contributed by atoms with E-state index in [1.165, 1.54) is 0 Å². The predicted molar refractivity (Wildman–Crippen MR) is 77.1 cm³/mol. The number of ether oxygens (including phenoxy) is 1. The largest absolute Gasteiger partial charge is 0.465 e. The van der Waals surface area contributed by atoms with Gasteiger partial charge in [-0.2, -0.15) is 0 Å². The molecule has 0 radical (unpaired) electrons. The Kier molecular flexibility index (Phi) is 5.57. The average Bonchev–Trinajstić information content (AvgIpc) is 2.98. The highest BCUT2D eigenvalue weighted by atomic mass is 16.5. The van der Waals surface area contributed by atoms with E-state index in [4.69, 9.17) is 9.84 Å². The number of carbonyl (C=O) groups is 2. The topological polar surface area (TPSA) is 87.7 Å². The van der Waals surface area contributed by atoms with Crippen LogP contribution < -0.4 is 10.6 Å². The van der Waals surface area contributed by atoms with E-state index in [0.29, 0.717) is 13.0 Å². The van der Waals surface area contributed by atoms with Crippen molar-refractivity contribution in [2.45, 2.75) is 31.4 Å². The lowest BCUT2D eigenvalue weighted by atomic mass is 10.1. The van der Waals surface area contributed by atoms with Gasteiger partial charge in [0.1, 0.15) is 6.04 Å². The van der Waals surface area contributed by atoms with E-state index in [2.05, 4.69) is 10.6 Å². The summed E-state index contributed by atoms with van der Waals surface area (Å²) in [5, 5.41) is 13.9. The molecule has 1 fully saturated rings. The molecule has 1 aromatic rings. The van der Waals surface area contributed by atoms with Gasteiger partial charge in [0.15, 0.2) is 0 Å². The molecule has 1 aromatic carbocycles. The highest BCUT2D eigenvalue weighted by Crippen LogP contribution is 2.11. The van der Waals surface area contributed by atoms with Gasteiger partial charge in [0, 0.05) is 19.6 Å². The van der Waals surface area contributed by atoms with Gasteiger partial charge in [-0.05, 0) is 18.4 Å². The standard InChI is InChI=1S/C15H20N2O4/c18-14(16-10-12-7-4-8-21-12)13(17-15(19)20)9-11-5-2-1-3-6-11/h1-3,5-6,12-13,17H,4,7-10H2,(H,16,18)(H,19,20)/t12-,13+/m1/s1. The Bertz CT molecular complexity index is 472. The SMILES string of the molecule is O=C(O)N[C@@H](Cc1ccccc1)C(=O)NC[C@H]1CCCO1. The second-order valence-corrected chi connectivity index (χ2v) is 5.07. The summed E-state index contributed by atoms with van der Waals surface area (Å²) in [6, 6.07) is 8.52. The lowest BCUT2D eigenvalue weighted by Crippen LogP contribution is -2.49. The molecule has 114 valence electrons. The Morgan fingerprint density at radius 2 is 2.10 bits per heavy atom. The van der Waals surface area contributed by atoms with Crippen molar-refractivity contribution in [1.29, 1.82) is 0 Å². The monoisotopic (exact) mass is 292 g/mol. The molecule has 1 aliphatic rings. The maximum absolute atomic E-state index is 12.1. The molecule has 0 aromatic heterocycles. The summed E-state index contributed by atoms with van der Waals surface area (Å²) in [5.74, 6) is -0.322. The van der Waals surface area contributed by atoms with Crippen molar-refractivity contribution < 1.29 is 19.4 Å². The van der Waals surface area contributed by atoms with Crippen molar-refractivity contribution in [1.82, 2.24) is 10.6 Å². The minimum Gasteiger partial charge on any atom is -0.465 e. The maximum Gasteiger partial charge on any atom is 0.405 e. The van der Waals surface area contributed by atoms with Gasteiger partial charge in [-0.3, -0.25) is 4.79 Å². The normalized spacial score (nSPS) is 19.0. The summed E-state index contributed by atoms with van der Waals surface area (Å²) < 4.78 is 5.43. The number of carboxylic acid groups (broad SMARTS) is 1. The van der Waals surface area contributed by atoms with Crippen LogP contribution >= 0.6 is 0 Å². The molecule has 0 saturated carbocycles. The average molecular weight is 292 g/mol. The Morgan fingerprint density at radius 3 is 2.71 bits per heavy atom. The first-order valence-corrected chi connectivity index (χ1v) is 7.08. The molecule has 3 N–H and O–H groups in total. The number of nitrogens with one attached hydrogen (secondary N) is 2. The van der Waals surface area contributed by atoms with Gasteiger partial charge in [-0.25, -0.2) is 4.79 Å². The third kappa shape index (κ3) is 5.07. The van der Waals surface area contributed by atoms with Crippen molar-refractivity contribution in [3.63, 3.8) is 0 Å². The highest BCUT2D eigenvalue weighted by molar-refractivity contribution is 5.85. The molecule has 1 heterocycles. The van der Waals surface area contributed by atoms with Crippen molar-refractivity contribution >= 4 is 12.0 Å². The van der Waals surface area contributed by atoms with E-state index in [9.17, 15) is 9.59 Å². The van der Waals surface area contributed by atoms with Crippen LogP contribution in [0.5, 0.6) is 0 Å². The number of hydrogen-bond donors (Lipinski definition) is 3. The second-order valence-electron chi connectivity index (χ2n) is 5.07. The number of amides is 2. The Balaban J connectivity index is 1.90. The predicted octanol–water partition coefficient (Wildman–Crippen LogP) is 1.16. The van der Waals surface area contributed by atoms with Gasteiger partial charge >= 0.3 is 6.09 Å². The third-order valence-electron chi connectivity index (χ3n) is 3.42. The summed E-state index contributed by atoms with van der Waals surface area (Å²) in [6.45, 7) is 1.15. The van der Waals surface area contributed by atoms with Crippen LogP contribution in [0.4, 0.5) is 4.79 Å². The van der Waals surface area contributed by atoms with Gasteiger partial charge < -0.3 is 20.5 Å². The third-order valence-corrected chi connectivity index (χ3v) is 3.42. The number of hydrogen-bond acceptors (Lipinski definition) is 3. The smallest absolute Gasteiger partial charge is 0.405 e. The summed E-state index contributed by atoms with van der Waals surface area (Å²) in [6.07, 6.45) is 1.08. The fraction of sp³-hybridized carbons (Fsp3) is 0.467. The van der Waals surface area contributed by atoms with Crippen LogP contribution in [0.1, 0.15) is 18.4 Å². The number of carbonyl (C=O) groups excluding carboxylic acids is 1. The van der Waals surface area contributed by atoms with Crippen LogP contribution in [0.25, 0.3) is 0 Å². The summed E-state index contributed by atoms with van der Waals surface area (Å²) >= 11 is 0. The van der Waals surface area contributed by atoms with E-state index in [-0.39, 0.29) is 12.0 Å². The van der Waals surface area contributed by atoms with Crippen molar-refractivity contribution in [3.05, 3.63) is 35.9 Å². The molecular weight excluding hydrogens is 272 g/mol. The van der Waals surface area contributed by atoms with Gasteiger partial charge in [0.05, 0.1) is 6.10 Å². The molecule has 0 aliphatic carbocycles. The van der Waals surface area contributed by atoms with Gasteiger partial charge in [-0.15, -0.1) is 0 Å². The first kappa shape index (κ1) is 15.3. The zero-order valence-electron chi connectivity index (χ0n) is 11.7. The first-order valence-electron chi connectivity index (χ1n) is 7.08. The molecular formula is C15H20N2O4. The van der Waals surface area contributed by atoms with Crippen LogP contribution in [0.3, 0.4) is 0 Å². The van der Waals surface area contributed by atoms with Crippen LogP contribution in [0.15, 0.2) is 30.3 Å². The van der Waals surface area contributed by atoms with Crippen molar-refractivity contribution in [2.24, 2.45) is 0 Å². The fourth-order valence-corrected chi connectivity index (χ4v) is 2.35. The first-order chi connectivity index (χ1) is 10.1. The molecule has 1 aliphatic heterocycles. The molecule has 21 heavy (non-hydrogen) atoms. The number of rotatable bonds is 6.